The Balaban J connectivity index is 1.76. The van der Waals surface area contributed by atoms with Crippen LogP contribution in [0.25, 0.3) is 22.0 Å². The first-order valence-corrected chi connectivity index (χ1v) is 9.25. The van der Waals surface area contributed by atoms with E-state index in [1.807, 2.05) is 0 Å². The first kappa shape index (κ1) is 18.4. The van der Waals surface area contributed by atoms with Crippen molar-refractivity contribution < 1.29 is 9.18 Å². The van der Waals surface area contributed by atoms with Crippen LogP contribution in [-0.4, -0.2) is 33.9 Å². The second-order valence-corrected chi connectivity index (χ2v) is 7.16. The summed E-state index contributed by atoms with van der Waals surface area (Å²) in [5, 5.41) is 0.653. The Morgan fingerprint density at radius 2 is 2.11 bits per heavy atom. The van der Waals surface area contributed by atoms with E-state index in [0.29, 0.717) is 52.4 Å². The van der Waals surface area contributed by atoms with Crippen LogP contribution in [0.15, 0.2) is 53.8 Å². The zero-order chi connectivity index (χ0) is 19.8. The monoisotopic (exact) mass is 397 g/mol. The number of amides is 1. The molecule has 2 aromatic carbocycles. The highest BCUT2D eigenvalue weighted by atomic mass is 35.5. The molecule has 142 valence electrons. The lowest BCUT2D eigenvalue weighted by molar-refractivity contribution is -0.125. The number of benzene rings is 2. The van der Waals surface area contributed by atoms with Crippen molar-refractivity contribution in [2.45, 2.75) is 12.3 Å². The van der Waals surface area contributed by atoms with Crippen molar-refractivity contribution in [2.24, 2.45) is 0 Å². The first-order valence-electron chi connectivity index (χ1n) is 8.87. The molecule has 0 saturated carbocycles. The second-order valence-electron chi connectivity index (χ2n) is 6.75. The molecular formula is C21H17ClFN3O2. The number of aromatic nitrogens is 2. The zero-order valence-electron chi connectivity index (χ0n) is 14.9. The molecule has 28 heavy (non-hydrogen) atoms. The van der Waals surface area contributed by atoms with Gasteiger partial charge in [0.15, 0.2) is 0 Å². The fourth-order valence-corrected chi connectivity index (χ4v) is 3.83. The molecule has 1 aliphatic rings. The molecule has 2 heterocycles. The van der Waals surface area contributed by atoms with Crippen LogP contribution in [0.3, 0.4) is 0 Å². The van der Waals surface area contributed by atoms with E-state index >= 15 is 0 Å². The molecule has 1 amide bonds. The van der Waals surface area contributed by atoms with E-state index in [-0.39, 0.29) is 17.4 Å². The number of carbonyl (C=O) groups excluding carboxylic acids is 1. The van der Waals surface area contributed by atoms with E-state index in [9.17, 15) is 14.0 Å². The molecule has 1 saturated heterocycles. The largest absolute Gasteiger partial charge is 0.338 e. The van der Waals surface area contributed by atoms with Crippen molar-refractivity contribution in [3.63, 3.8) is 0 Å². The quantitative estimate of drug-likeness (QED) is 0.682. The SMILES string of the molecule is C=CC(=O)N1CCC(c2nc3cc(Cl)c(-c4ccccc4F)cc3c(=O)[nH]2)C1. The third-order valence-corrected chi connectivity index (χ3v) is 5.35. The molecule has 5 nitrogen and oxygen atoms in total. The van der Waals surface area contributed by atoms with E-state index in [0.717, 1.165) is 0 Å². The van der Waals surface area contributed by atoms with Gasteiger partial charge in [0.25, 0.3) is 5.56 Å². The molecule has 7 heteroatoms. The van der Waals surface area contributed by atoms with E-state index < -0.39 is 5.82 Å². The molecule has 1 atom stereocenters. The van der Waals surface area contributed by atoms with Gasteiger partial charge in [0.05, 0.1) is 15.9 Å². The standard InChI is InChI=1S/C21H17ClFN3O2/c1-2-19(27)26-8-7-12(11-26)20-24-18-10-16(22)14(9-15(18)21(28)25-20)13-5-3-4-6-17(13)23/h2-6,9-10,12H,1,7-8,11H2,(H,24,25,28). The maximum absolute atomic E-state index is 14.2. The first-order chi connectivity index (χ1) is 13.5. The van der Waals surface area contributed by atoms with Gasteiger partial charge in [-0.3, -0.25) is 9.59 Å². The van der Waals surface area contributed by atoms with Gasteiger partial charge in [-0.25, -0.2) is 9.37 Å². The summed E-state index contributed by atoms with van der Waals surface area (Å²) in [4.78, 5) is 33.5. The van der Waals surface area contributed by atoms with Crippen molar-refractivity contribution in [3.8, 4) is 11.1 Å². The lowest BCUT2D eigenvalue weighted by Gasteiger charge is -2.14. The number of halogens is 2. The van der Waals surface area contributed by atoms with Gasteiger partial charge in [-0.1, -0.05) is 36.4 Å². The molecule has 1 aromatic heterocycles. The van der Waals surface area contributed by atoms with Gasteiger partial charge in [0.2, 0.25) is 5.91 Å². The minimum absolute atomic E-state index is 0.0639. The molecule has 1 aliphatic heterocycles. The zero-order valence-corrected chi connectivity index (χ0v) is 15.7. The van der Waals surface area contributed by atoms with Gasteiger partial charge in [-0.15, -0.1) is 0 Å². The molecular weight excluding hydrogens is 381 g/mol. The summed E-state index contributed by atoms with van der Waals surface area (Å²) in [5.41, 5.74) is 0.892. The number of rotatable bonds is 3. The average Bonchev–Trinajstić information content (AvgIpc) is 3.18. The number of hydrogen-bond donors (Lipinski definition) is 1. The van der Waals surface area contributed by atoms with Crippen LogP contribution < -0.4 is 5.56 Å². The Kier molecular flexibility index (Phi) is 4.73. The van der Waals surface area contributed by atoms with Crippen LogP contribution in [0.5, 0.6) is 0 Å². The van der Waals surface area contributed by atoms with Crippen molar-refractivity contribution >= 4 is 28.4 Å². The summed E-state index contributed by atoms with van der Waals surface area (Å²) < 4.78 is 14.2. The van der Waals surface area contributed by atoms with Crippen LogP contribution in [0.1, 0.15) is 18.2 Å². The molecule has 3 aromatic rings. The third-order valence-electron chi connectivity index (χ3n) is 5.04. The Labute approximate surface area is 165 Å². The number of nitrogens with zero attached hydrogens (tertiary/aromatic N) is 2. The molecule has 0 spiro atoms. The number of hydrogen-bond acceptors (Lipinski definition) is 3. The number of likely N-dealkylation sites (tertiary alicyclic amines) is 1. The maximum atomic E-state index is 14.2. The second kappa shape index (κ2) is 7.20. The van der Waals surface area contributed by atoms with Crippen molar-refractivity contribution in [1.29, 1.82) is 0 Å². The molecule has 1 unspecified atom stereocenters. The normalized spacial score (nSPS) is 16.5. The highest BCUT2D eigenvalue weighted by Crippen LogP contribution is 2.33. The summed E-state index contributed by atoms with van der Waals surface area (Å²) in [5.74, 6) is -0.0940. The van der Waals surface area contributed by atoms with Gasteiger partial charge in [-0.05, 0) is 30.7 Å². The van der Waals surface area contributed by atoms with Gasteiger partial charge >= 0.3 is 0 Å². The summed E-state index contributed by atoms with van der Waals surface area (Å²) in [6.45, 7) is 4.56. The van der Waals surface area contributed by atoms with Gasteiger partial charge in [0.1, 0.15) is 11.6 Å². The van der Waals surface area contributed by atoms with E-state index in [1.165, 1.54) is 12.1 Å². The summed E-state index contributed by atoms with van der Waals surface area (Å²) in [6.07, 6.45) is 1.98. The number of carbonyl (C=O) groups is 1. The minimum atomic E-state index is -0.414. The van der Waals surface area contributed by atoms with Crippen molar-refractivity contribution in [1.82, 2.24) is 14.9 Å². The van der Waals surface area contributed by atoms with E-state index in [2.05, 4.69) is 16.5 Å². The van der Waals surface area contributed by atoms with E-state index in [1.54, 1.807) is 35.2 Å². The van der Waals surface area contributed by atoms with Crippen molar-refractivity contribution in [3.05, 3.63) is 76.1 Å². The molecule has 0 bridgehead atoms. The third kappa shape index (κ3) is 3.20. The van der Waals surface area contributed by atoms with E-state index in [4.69, 9.17) is 11.6 Å². The smallest absolute Gasteiger partial charge is 0.258 e. The lowest BCUT2D eigenvalue weighted by Crippen LogP contribution is -2.26. The molecule has 0 radical (unpaired) electrons. The highest BCUT2D eigenvalue weighted by Gasteiger charge is 2.28. The Bertz CT molecular complexity index is 1160. The number of aromatic amines is 1. The molecule has 1 fully saturated rings. The summed E-state index contributed by atoms with van der Waals surface area (Å²) in [6, 6.07) is 9.41. The lowest BCUT2D eigenvalue weighted by atomic mass is 10.0. The summed E-state index contributed by atoms with van der Waals surface area (Å²) >= 11 is 6.37. The Hall–Kier alpha value is -2.99. The Morgan fingerprint density at radius 3 is 2.86 bits per heavy atom. The average molecular weight is 398 g/mol. The van der Waals surface area contributed by atoms with Crippen LogP contribution in [-0.2, 0) is 4.79 Å². The number of H-pyrrole nitrogens is 1. The highest BCUT2D eigenvalue weighted by molar-refractivity contribution is 6.34. The minimum Gasteiger partial charge on any atom is -0.338 e. The van der Waals surface area contributed by atoms with Gasteiger partial charge in [0, 0.05) is 30.1 Å². The molecule has 1 N–H and O–H groups in total. The number of fused-ring (bicyclic) bond motifs is 1. The fourth-order valence-electron chi connectivity index (χ4n) is 3.57. The topological polar surface area (TPSA) is 66.1 Å². The van der Waals surface area contributed by atoms with Gasteiger partial charge < -0.3 is 9.88 Å². The fraction of sp³-hybridized carbons (Fsp3) is 0.190. The van der Waals surface area contributed by atoms with Crippen LogP contribution in [0.2, 0.25) is 5.02 Å². The summed E-state index contributed by atoms with van der Waals surface area (Å²) in [7, 11) is 0. The molecule has 0 aliphatic carbocycles. The predicted molar refractivity (Wildman–Crippen MR) is 107 cm³/mol. The van der Waals surface area contributed by atoms with Crippen LogP contribution in [0.4, 0.5) is 4.39 Å². The van der Waals surface area contributed by atoms with Crippen LogP contribution in [0, 0.1) is 5.82 Å². The number of nitrogens with one attached hydrogen (secondary N) is 1. The van der Waals surface area contributed by atoms with Gasteiger partial charge in [-0.2, -0.15) is 0 Å². The maximum Gasteiger partial charge on any atom is 0.258 e. The Morgan fingerprint density at radius 1 is 1.32 bits per heavy atom. The van der Waals surface area contributed by atoms with Crippen LogP contribution >= 0.6 is 11.6 Å². The predicted octanol–water partition coefficient (Wildman–Crippen LogP) is 3.88. The molecule has 4 rings (SSSR count). The van der Waals surface area contributed by atoms with Crippen molar-refractivity contribution in [2.75, 3.05) is 13.1 Å².